The molecule has 0 spiro atoms. The van der Waals surface area contributed by atoms with E-state index in [4.69, 9.17) is 0 Å². The van der Waals surface area contributed by atoms with Crippen molar-refractivity contribution in [1.82, 2.24) is 0 Å². The van der Waals surface area contributed by atoms with Crippen LogP contribution in [0.15, 0.2) is 0 Å². The minimum atomic E-state index is 0. The third-order valence-electron chi connectivity index (χ3n) is 0. The molecule has 0 amide bonds. The van der Waals surface area contributed by atoms with E-state index >= 15 is 0 Å². The summed E-state index contributed by atoms with van der Waals surface area (Å²) >= 11 is 0. The maximum absolute atomic E-state index is 0. The Morgan fingerprint density at radius 1 is 0.0833 bits per heavy atom. The molecule has 0 heterocycles. The predicted octanol–water partition coefficient (Wildman–Crippen LogP) is -0.0300. The van der Waals surface area contributed by atoms with E-state index in [2.05, 4.69) is 0 Å². The zero-order chi connectivity index (χ0) is 0. The monoisotopic (exact) mass is 2240 g/mol. The van der Waals surface area contributed by atoms with E-state index in [1.54, 1.807) is 0 Å². The van der Waals surface area contributed by atoms with Crippen molar-refractivity contribution in [1.29, 1.82) is 0 Å². The molecule has 0 aliphatic heterocycles. The van der Waals surface area contributed by atoms with Crippen LogP contribution >= 0.6 is 0 Å². The average Bonchev–Trinajstić information content (AvgIpc) is 0. The molecule has 0 aromatic carbocycles. The Morgan fingerprint density at radius 3 is 0.0833 bits per heavy atom. The third kappa shape index (κ3) is 81.6. The quantitative estimate of drug-likeness (QED) is 0.321. The molecular weight excluding hydrogens is 2230 g/mol. The Hall–Kier alpha value is 7.95. The molecule has 0 unspecified atom stereocenters. The fourth-order valence-corrected chi connectivity index (χ4v) is 0. The van der Waals surface area contributed by atoms with Crippen molar-refractivity contribution in [2.75, 3.05) is 0 Å². The molecule has 0 fully saturated rings. The van der Waals surface area contributed by atoms with Gasteiger partial charge in [-0.1, -0.05) is 0 Å². The van der Waals surface area contributed by atoms with Gasteiger partial charge in [0.2, 0.25) is 0 Å². The maximum atomic E-state index is 0. The van der Waals surface area contributed by atoms with Crippen LogP contribution in [0.4, 0.5) is 0 Å². The summed E-state index contributed by atoms with van der Waals surface area (Å²) < 4.78 is 0. The predicted molar refractivity (Wildman–Crippen MR) is 0 cm³/mol. The summed E-state index contributed by atoms with van der Waals surface area (Å²) in [6, 6.07) is 0. The summed E-state index contributed by atoms with van der Waals surface area (Å²) in [5.74, 6) is 0. The Morgan fingerprint density at radius 2 is 0.0833 bits per heavy atom. The van der Waals surface area contributed by atoms with Crippen LogP contribution in [-0.4, -0.2) is 0 Å². The van der Waals surface area contributed by atoms with Gasteiger partial charge in [0.05, 0.1) is 0 Å². The molecule has 0 rings (SSSR count). The summed E-state index contributed by atoms with van der Waals surface area (Å²) in [4.78, 5) is 0. The molecule has 0 N–H and O–H groups in total. The molecule has 12 heavy (non-hydrogen) atoms. The SMILES string of the molecule is [Re].[Re].[Re].[Re].[Re].[Re].[Re].[Re].[Re].[Re].[Re].[Re]. The summed E-state index contributed by atoms with van der Waals surface area (Å²) in [6.45, 7) is 0. The van der Waals surface area contributed by atoms with Crippen molar-refractivity contribution in [2.45, 2.75) is 0 Å². The molecular formula is Re12. The van der Waals surface area contributed by atoms with E-state index < -0.39 is 0 Å². The van der Waals surface area contributed by atoms with Gasteiger partial charge in [-0.05, 0) is 0 Å². The standard InChI is InChI=1S/12Re. The van der Waals surface area contributed by atoms with Gasteiger partial charge in [0, 0.05) is 245 Å². The summed E-state index contributed by atoms with van der Waals surface area (Å²) in [6.07, 6.45) is 0. The van der Waals surface area contributed by atoms with Crippen molar-refractivity contribution in [2.24, 2.45) is 0 Å². The van der Waals surface area contributed by atoms with Crippen LogP contribution in [0.3, 0.4) is 0 Å². The zero-order valence-electron chi connectivity index (χ0n) is 4.54. The normalized spacial score (nSPS) is 0. The van der Waals surface area contributed by atoms with Gasteiger partial charge in [-0.2, -0.15) is 0 Å². The van der Waals surface area contributed by atoms with Crippen molar-refractivity contribution in [3.63, 3.8) is 0 Å². The first-order valence-corrected chi connectivity index (χ1v) is 0. The fourth-order valence-electron chi connectivity index (χ4n) is 0. The maximum Gasteiger partial charge on any atom is 0 e. The first-order valence-electron chi connectivity index (χ1n) is 0. The van der Waals surface area contributed by atoms with Gasteiger partial charge >= 0.3 is 0 Å². The van der Waals surface area contributed by atoms with Crippen LogP contribution < -0.4 is 0 Å². The Labute approximate surface area is 239 Å². The topological polar surface area (TPSA) is 0 Å². The van der Waals surface area contributed by atoms with E-state index in [-0.39, 0.29) is 245 Å². The summed E-state index contributed by atoms with van der Waals surface area (Å²) in [7, 11) is 0. The molecule has 0 bridgehead atoms. The number of hydrogen-bond donors (Lipinski definition) is 0. The molecule has 0 aromatic heterocycles. The van der Waals surface area contributed by atoms with Gasteiger partial charge in [0.25, 0.3) is 0 Å². The molecule has 0 nitrogen and oxygen atoms in total. The smallest absolute Gasteiger partial charge is 0 e. The van der Waals surface area contributed by atoms with Gasteiger partial charge in [-0.25, -0.2) is 0 Å². The number of hydrogen-bond acceptors (Lipinski definition) is 0. The van der Waals surface area contributed by atoms with Crippen LogP contribution in [0.1, 0.15) is 0 Å². The molecule has 0 aliphatic carbocycles. The molecule has 0 saturated heterocycles. The van der Waals surface area contributed by atoms with Gasteiger partial charge in [-0.15, -0.1) is 0 Å². The third-order valence-corrected chi connectivity index (χ3v) is 0. The van der Waals surface area contributed by atoms with Crippen molar-refractivity contribution >= 4 is 0 Å². The van der Waals surface area contributed by atoms with E-state index in [9.17, 15) is 0 Å². The minimum absolute atomic E-state index is 0. The van der Waals surface area contributed by atoms with Crippen LogP contribution in [0.25, 0.3) is 0 Å². The zero-order valence-corrected chi connectivity index (χ0v) is 37.1. The second-order valence-corrected chi connectivity index (χ2v) is 0. The second kappa shape index (κ2) is 96.6. The molecule has 0 atom stereocenters. The van der Waals surface area contributed by atoms with Crippen LogP contribution in [0, 0.1) is 0 Å². The average molecular weight is 2230 g/mol. The van der Waals surface area contributed by atoms with Gasteiger partial charge in [-0.3, -0.25) is 0 Å². The van der Waals surface area contributed by atoms with E-state index in [1.807, 2.05) is 0 Å². The van der Waals surface area contributed by atoms with E-state index in [0.717, 1.165) is 0 Å². The second-order valence-electron chi connectivity index (χ2n) is 0. The molecule has 0 aliphatic rings. The van der Waals surface area contributed by atoms with Gasteiger partial charge < -0.3 is 0 Å². The Balaban J connectivity index is 0. The van der Waals surface area contributed by atoms with Crippen molar-refractivity contribution < 1.29 is 245 Å². The molecule has 0 saturated carbocycles. The van der Waals surface area contributed by atoms with Crippen LogP contribution in [0.5, 0.6) is 0 Å². The number of rotatable bonds is 0. The fraction of sp³-hybridized carbons (Fsp3) is 0. The molecule has 0 aromatic rings. The van der Waals surface area contributed by atoms with Crippen LogP contribution in [-0.2, 0) is 245 Å². The molecule has 84 valence electrons. The molecule has 12 heteroatoms. The minimum Gasteiger partial charge on any atom is 0 e. The van der Waals surface area contributed by atoms with E-state index in [1.165, 1.54) is 0 Å². The van der Waals surface area contributed by atoms with Crippen molar-refractivity contribution in [3.05, 3.63) is 0 Å². The largest absolute Gasteiger partial charge is 0 e. The molecule has 12 radical (unpaired) electrons. The Bertz CT molecular complexity index is 0. The summed E-state index contributed by atoms with van der Waals surface area (Å²) in [5, 5.41) is 0. The van der Waals surface area contributed by atoms with Crippen LogP contribution in [0.2, 0.25) is 0 Å². The van der Waals surface area contributed by atoms with Crippen molar-refractivity contribution in [3.8, 4) is 0 Å². The van der Waals surface area contributed by atoms with Gasteiger partial charge in [0.1, 0.15) is 0 Å². The first-order chi connectivity index (χ1) is 0. The summed E-state index contributed by atoms with van der Waals surface area (Å²) in [5.41, 5.74) is 0. The first kappa shape index (κ1) is 113. The Kier molecular flexibility index (Phi) is 913. The van der Waals surface area contributed by atoms with Gasteiger partial charge in [0.15, 0.2) is 0 Å². The van der Waals surface area contributed by atoms with E-state index in [0.29, 0.717) is 0 Å².